The summed E-state index contributed by atoms with van der Waals surface area (Å²) in [7, 11) is 0. The fraction of sp³-hybridized carbons (Fsp3) is 0.0769. The van der Waals surface area contributed by atoms with Gasteiger partial charge in [-0.15, -0.1) is 0 Å². The van der Waals surface area contributed by atoms with Crippen LogP contribution in [0.3, 0.4) is 0 Å². The molecular formula is C13H10FNO4. The summed E-state index contributed by atoms with van der Waals surface area (Å²) in [5.41, 5.74) is 0.241. The Bertz CT molecular complexity index is 580. The van der Waals surface area contributed by atoms with Crippen molar-refractivity contribution in [2.45, 2.75) is 0 Å². The molecule has 98 valence electrons. The average Bonchev–Trinajstić information content (AvgIpc) is 2.93. The lowest BCUT2D eigenvalue weighted by Crippen LogP contribution is -2.21. The van der Waals surface area contributed by atoms with Crippen molar-refractivity contribution in [3.8, 4) is 0 Å². The number of benzene rings is 1. The number of rotatable bonds is 4. The van der Waals surface area contributed by atoms with Gasteiger partial charge in [-0.2, -0.15) is 0 Å². The number of furan rings is 1. The molecule has 0 saturated carbocycles. The van der Waals surface area contributed by atoms with E-state index in [4.69, 9.17) is 9.15 Å². The molecule has 19 heavy (non-hydrogen) atoms. The first-order valence-corrected chi connectivity index (χ1v) is 5.40. The first-order chi connectivity index (χ1) is 9.16. The number of amides is 1. The van der Waals surface area contributed by atoms with Crippen molar-refractivity contribution >= 4 is 17.6 Å². The van der Waals surface area contributed by atoms with Gasteiger partial charge in [-0.1, -0.05) is 12.1 Å². The Hall–Kier alpha value is -2.63. The number of carbonyl (C=O) groups excluding carboxylic acids is 2. The van der Waals surface area contributed by atoms with Crippen LogP contribution in [0.5, 0.6) is 0 Å². The zero-order chi connectivity index (χ0) is 13.7. The second-order valence-corrected chi connectivity index (χ2v) is 3.62. The van der Waals surface area contributed by atoms with E-state index in [2.05, 4.69) is 5.32 Å². The molecular weight excluding hydrogens is 253 g/mol. The molecule has 2 rings (SSSR count). The van der Waals surface area contributed by atoms with Crippen LogP contribution in [0.4, 0.5) is 10.1 Å². The van der Waals surface area contributed by atoms with Crippen molar-refractivity contribution in [1.82, 2.24) is 0 Å². The Labute approximate surface area is 108 Å². The molecule has 1 N–H and O–H groups in total. The molecule has 2 aromatic rings. The lowest BCUT2D eigenvalue weighted by molar-refractivity contribution is -0.119. The van der Waals surface area contributed by atoms with Crippen molar-refractivity contribution in [1.29, 1.82) is 0 Å². The van der Waals surface area contributed by atoms with Crippen LogP contribution in [0.1, 0.15) is 10.4 Å². The highest BCUT2D eigenvalue weighted by Crippen LogP contribution is 2.12. The van der Waals surface area contributed by atoms with E-state index in [0.29, 0.717) is 0 Å². The van der Waals surface area contributed by atoms with Crippen LogP contribution in [0.25, 0.3) is 0 Å². The van der Waals surface area contributed by atoms with Crippen LogP contribution in [0, 0.1) is 5.82 Å². The fourth-order valence-corrected chi connectivity index (χ4v) is 1.34. The van der Waals surface area contributed by atoms with E-state index in [1.54, 1.807) is 6.07 Å². The molecule has 0 aliphatic carbocycles. The molecule has 0 aliphatic rings. The van der Waals surface area contributed by atoms with Crippen molar-refractivity contribution in [3.63, 3.8) is 0 Å². The Kier molecular flexibility index (Phi) is 3.92. The molecule has 0 fully saturated rings. The molecule has 0 spiro atoms. The summed E-state index contributed by atoms with van der Waals surface area (Å²) in [6, 6.07) is 7.12. The molecule has 6 heteroatoms. The predicted octanol–water partition coefficient (Wildman–Crippen LogP) is 2.21. The Morgan fingerprint density at radius 2 is 2.05 bits per heavy atom. The van der Waals surface area contributed by atoms with Gasteiger partial charge in [0.2, 0.25) is 0 Å². The molecule has 1 aromatic heterocycles. The number of anilines is 1. The second kappa shape index (κ2) is 5.81. The number of ether oxygens (including phenoxy) is 1. The Morgan fingerprint density at radius 1 is 1.26 bits per heavy atom. The molecule has 0 bridgehead atoms. The highest BCUT2D eigenvalue weighted by molar-refractivity contribution is 5.95. The largest absolute Gasteiger partial charge is 0.472 e. The number of halogens is 1. The summed E-state index contributed by atoms with van der Waals surface area (Å²) < 4.78 is 22.7. The molecule has 0 saturated heterocycles. The summed E-state index contributed by atoms with van der Waals surface area (Å²) in [5, 5.41) is 2.30. The number of para-hydroxylation sites is 1. The standard InChI is InChI=1S/C13H10FNO4/c14-10-3-1-2-4-11(10)15-12(16)8-19-13(17)9-5-6-18-7-9/h1-7H,8H2,(H,15,16). The number of hydrogen-bond acceptors (Lipinski definition) is 4. The summed E-state index contributed by atoms with van der Waals surface area (Å²) >= 11 is 0. The predicted molar refractivity (Wildman–Crippen MR) is 64.0 cm³/mol. The highest BCUT2D eigenvalue weighted by atomic mass is 19.1. The Morgan fingerprint density at radius 3 is 2.74 bits per heavy atom. The first-order valence-electron chi connectivity index (χ1n) is 5.40. The zero-order valence-corrected chi connectivity index (χ0v) is 9.76. The van der Waals surface area contributed by atoms with Crippen LogP contribution in [-0.4, -0.2) is 18.5 Å². The van der Waals surface area contributed by atoms with E-state index < -0.39 is 24.3 Å². The number of carbonyl (C=O) groups is 2. The molecule has 0 atom stereocenters. The van der Waals surface area contributed by atoms with E-state index in [-0.39, 0.29) is 11.3 Å². The van der Waals surface area contributed by atoms with Gasteiger partial charge in [0.05, 0.1) is 17.5 Å². The minimum absolute atomic E-state index is 0.0341. The first kappa shape index (κ1) is 12.8. The molecule has 0 radical (unpaired) electrons. The Balaban J connectivity index is 1.86. The SMILES string of the molecule is O=C(COC(=O)c1ccoc1)Nc1ccccc1F. The third-order valence-corrected chi connectivity index (χ3v) is 2.24. The molecule has 1 heterocycles. The van der Waals surface area contributed by atoms with Gasteiger partial charge in [-0.05, 0) is 18.2 Å². The summed E-state index contributed by atoms with van der Waals surface area (Å²) in [4.78, 5) is 22.9. The van der Waals surface area contributed by atoms with Crippen LogP contribution >= 0.6 is 0 Å². The smallest absolute Gasteiger partial charge is 0.341 e. The zero-order valence-electron chi connectivity index (χ0n) is 9.76. The molecule has 0 unspecified atom stereocenters. The van der Waals surface area contributed by atoms with Crippen molar-refractivity contribution < 1.29 is 23.1 Å². The summed E-state index contributed by atoms with van der Waals surface area (Å²) in [5.74, 6) is -1.86. The minimum atomic E-state index is -0.683. The van der Waals surface area contributed by atoms with E-state index in [1.165, 1.54) is 36.8 Å². The second-order valence-electron chi connectivity index (χ2n) is 3.62. The summed E-state index contributed by atoms with van der Waals surface area (Å²) in [6.07, 6.45) is 2.52. The third-order valence-electron chi connectivity index (χ3n) is 2.24. The van der Waals surface area contributed by atoms with E-state index >= 15 is 0 Å². The van der Waals surface area contributed by atoms with E-state index in [0.717, 1.165) is 0 Å². The molecule has 1 amide bonds. The van der Waals surface area contributed by atoms with Gasteiger partial charge in [0.1, 0.15) is 12.1 Å². The molecule has 5 nitrogen and oxygen atoms in total. The molecule has 1 aromatic carbocycles. The third kappa shape index (κ3) is 3.41. The van der Waals surface area contributed by atoms with Gasteiger partial charge in [0, 0.05) is 0 Å². The van der Waals surface area contributed by atoms with Crippen LogP contribution < -0.4 is 5.32 Å². The number of hydrogen-bond donors (Lipinski definition) is 1. The minimum Gasteiger partial charge on any atom is -0.472 e. The molecule has 0 aliphatic heterocycles. The van der Waals surface area contributed by atoms with Crippen LogP contribution in [-0.2, 0) is 9.53 Å². The van der Waals surface area contributed by atoms with Gasteiger partial charge in [0.15, 0.2) is 6.61 Å². The number of esters is 1. The quantitative estimate of drug-likeness (QED) is 0.859. The van der Waals surface area contributed by atoms with E-state index in [9.17, 15) is 14.0 Å². The van der Waals surface area contributed by atoms with Crippen LogP contribution in [0.2, 0.25) is 0 Å². The maximum atomic E-state index is 13.2. The lowest BCUT2D eigenvalue weighted by Gasteiger charge is -2.06. The van der Waals surface area contributed by atoms with Gasteiger partial charge >= 0.3 is 5.97 Å². The summed E-state index contributed by atoms with van der Waals surface area (Å²) in [6.45, 7) is -0.502. The average molecular weight is 263 g/mol. The van der Waals surface area contributed by atoms with Crippen molar-refractivity contribution in [2.24, 2.45) is 0 Å². The van der Waals surface area contributed by atoms with Gasteiger partial charge in [0.25, 0.3) is 5.91 Å². The highest BCUT2D eigenvalue weighted by Gasteiger charge is 2.12. The monoisotopic (exact) mass is 263 g/mol. The topological polar surface area (TPSA) is 68.5 Å². The van der Waals surface area contributed by atoms with Gasteiger partial charge < -0.3 is 14.5 Å². The maximum Gasteiger partial charge on any atom is 0.341 e. The normalized spacial score (nSPS) is 9.95. The fourth-order valence-electron chi connectivity index (χ4n) is 1.34. The van der Waals surface area contributed by atoms with Gasteiger partial charge in [-0.25, -0.2) is 9.18 Å². The van der Waals surface area contributed by atoms with Crippen LogP contribution in [0.15, 0.2) is 47.3 Å². The number of nitrogens with one attached hydrogen (secondary N) is 1. The van der Waals surface area contributed by atoms with Crippen molar-refractivity contribution in [3.05, 3.63) is 54.2 Å². The maximum absolute atomic E-state index is 13.2. The van der Waals surface area contributed by atoms with Crippen molar-refractivity contribution in [2.75, 3.05) is 11.9 Å². The van der Waals surface area contributed by atoms with E-state index in [1.807, 2.05) is 0 Å². The van der Waals surface area contributed by atoms with Gasteiger partial charge in [-0.3, -0.25) is 4.79 Å². The lowest BCUT2D eigenvalue weighted by atomic mass is 10.3.